The molecule has 0 aliphatic rings. The Balaban J connectivity index is 2.97. The van der Waals surface area contributed by atoms with Gasteiger partial charge in [-0.3, -0.25) is 9.48 Å². The third kappa shape index (κ3) is 3.91. The molecule has 112 valence electrons. The van der Waals surface area contributed by atoms with E-state index in [4.69, 9.17) is 5.11 Å². The summed E-state index contributed by atoms with van der Waals surface area (Å²) in [7, 11) is -3.65. The molecule has 1 rings (SSSR count). The van der Waals surface area contributed by atoms with Gasteiger partial charge in [0.1, 0.15) is 4.90 Å². The fourth-order valence-corrected chi connectivity index (χ4v) is 3.22. The van der Waals surface area contributed by atoms with Crippen molar-refractivity contribution in [1.82, 2.24) is 14.1 Å². The van der Waals surface area contributed by atoms with Crippen molar-refractivity contribution in [3.8, 4) is 0 Å². The molecule has 20 heavy (non-hydrogen) atoms. The van der Waals surface area contributed by atoms with Gasteiger partial charge in [-0.1, -0.05) is 6.08 Å². The molecule has 0 radical (unpaired) electrons. The average Bonchev–Trinajstić information content (AvgIpc) is 2.82. The number of aromatic nitrogens is 2. The lowest BCUT2D eigenvalue weighted by Gasteiger charge is -2.23. The fraction of sp³-hybridized carbons (Fsp3) is 0.500. The lowest BCUT2D eigenvalue weighted by molar-refractivity contribution is -0.137. The van der Waals surface area contributed by atoms with Crippen LogP contribution in [0.1, 0.15) is 20.3 Å². The largest absolute Gasteiger partial charge is 0.481 e. The van der Waals surface area contributed by atoms with E-state index >= 15 is 0 Å². The standard InChI is InChI=1S/C12H19N3O4S/c1-4-6-15(10(2)3)20(18,19)11-8-13-14(9-11)7-5-12(16)17/h4,8-10H,1,5-7H2,2-3H3,(H,16,17). The molecule has 1 aromatic heterocycles. The maximum Gasteiger partial charge on any atom is 0.305 e. The quantitative estimate of drug-likeness (QED) is 0.721. The second-order valence-corrected chi connectivity index (χ2v) is 6.43. The molecule has 1 aromatic rings. The van der Waals surface area contributed by atoms with Gasteiger partial charge in [-0.25, -0.2) is 8.42 Å². The van der Waals surface area contributed by atoms with Crippen molar-refractivity contribution in [1.29, 1.82) is 0 Å². The van der Waals surface area contributed by atoms with Gasteiger partial charge in [-0.05, 0) is 13.8 Å². The summed E-state index contributed by atoms with van der Waals surface area (Å²) in [6.45, 7) is 7.44. The number of aryl methyl sites for hydroxylation is 1. The highest BCUT2D eigenvalue weighted by molar-refractivity contribution is 7.89. The molecule has 0 saturated heterocycles. The van der Waals surface area contributed by atoms with Gasteiger partial charge in [-0.15, -0.1) is 6.58 Å². The van der Waals surface area contributed by atoms with Gasteiger partial charge in [0.15, 0.2) is 0 Å². The van der Waals surface area contributed by atoms with Crippen molar-refractivity contribution in [2.45, 2.75) is 37.8 Å². The number of sulfonamides is 1. The number of nitrogens with zero attached hydrogens (tertiary/aromatic N) is 3. The highest BCUT2D eigenvalue weighted by Crippen LogP contribution is 2.17. The molecule has 0 spiro atoms. The average molecular weight is 301 g/mol. The van der Waals surface area contributed by atoms with E-state index in [-0.39, 0.29) is 30.4 Å². The molecule has 8 heteroatoms. The number of hydrogen-bond acceptors (Lipinski definition) is 4. The van der Waals surface area contributed by atoms with Crippen LogP contribution in [0, 0.1) is 0 Å². The SMILES string of the molecule is C=CCN(C(C)C)S(=O)(=O)c1cnn(CCC(=O)O)c1. The molecular weight excluding hydrogens is 282 g/mol. The monoisotopic (exact) mass is 301 g/mol. The summed E-state index contributed by atoms with van der Waals surface area (Å²) in [5, 5.41) is 12.5. The maximum atomic E-state index is 12.4. The van der Waals surface area contributed by atoms with E-state index in [0.29, 0.717) is 0 Å². The smallest absolute Gasteiger partial charge is 0.305 e. The minimum absolute atomic E-state index is 0.0541. The normalized spacial score (nSPS) is 12.0. The van der Waals surface area contributed by atoms with Crippen LogP contribution in [0.5, 0.6) is 0 Å². The summed E-state index contributed by atoms with van der Waals surface area (Å²) in [4.78, 5) is 10.5. The second kappa shape index (κ2) is 6.67. The van der Waals surface area contributed by atoms with Gasteiger partial charge in [-0.2, -0.15) is 9.40 Å². The molecule has 0 fully saturated rings. The zero-order chi connectivity index (χ0) is 15.3. The van der Waals surface area contributed by atoms with Crippen LogP contribution in [0.2, 0.25) is 0 Å². The highest BCUT2D eigenvalue weighted by atomic mass is 32.2. The Bertz CT molecular complexity index is 577. The van der Waals surface area contributed by atoms with Crippen LogP contribution in [0.25, 0.3) is 0 Å². The van der Waals surface area contributed by atoms with Crippen molar-refractivity contribution >= 4 is 16.0 Å². The fourth-order valence-electron chi connectivity index (χ4n) is 1.66. The number of aliphatic carboxylic acids is 1. The minimum atomic E-state index is -3.65. The molecular formula is C12H19N3O4S. The van der Waals surface area contributed by atoms with Crippen LogP contribution in [0.4, 0.5) is 0 Å². The first-order chi connectivity index (χ1) is 9.28. The Kier molecular flexibility index (Phi) is 5.46. The van der Waals surface area contributed by atoms with Crippen molar-refractivity contribution in [3.05, 3.63) is 25.0 Å². The zero-order valence-corrected chi connectivity index (χ0v) is 12.4. The first-order valence-electron chi connectivity index (χ1n) is 6.16. The second-order valence-electron chi connectivity index (χ2n) is 4.54. The topological polar surface area (TPSA) is 92.5 Å². The van der Waals surface area contributed by atoms with Gasteiger partial charge in [0.2, 0.25) is 10.0 Å². The lowest BCUT2D eigenvalue weighted by atomic mass is 10.4. The Labute approximate surface area is 118 Å². The van der Waals surface area contributed by atoms with E-state index in [2.05, 4.69) is 11.7 Å². The number of hydrogen-bond donors (Lipinski definition) is 1. The third-order valence-electron chi connectivity index (χ3n) is 2.66. The van der Waals surface area contributed by atoms with E-state index in [1.54, 1.807) is 13.8 Å². The summed E-state index contributed by atoms with van der Waals surface area (Å²) in [5.41, 5.74) is 0. The van der Waals surface area contributed by atoms with E-state index in [1.165, 1.54) is 27.5 Å². The van der Waals surface area contributed by atoms with Gasteiger partial charge in [0.05, 0.1) is 19.2 Å². The van der Waals surface area contributed by atoms with Gasteiger partial charge in [0.25, 0.3) is 0 Å². The molecule has 0 amide bonds. The van der Waals surface area contributed by atoms with E-state index < -0.39 is 16.0 Å². The van der Waals surface area contributed by atoms with Gasteiger partial charge in [0, 0.05) is 18.8 Å². The molecule has 0 aromatic carbocycles. The van der Waals surface area contributed by atoms with Crippen LogP contribution in [-0.4, -0.2) is 46.2 Å². The summed E-state index contributed by atoms with van der Waals surface area (Å²) >= 11 is 0. The molecule has 0 aliphatic carbocycles. The van der Waals surface area contributed by atoms with Crippen LogP contribution in [0.15, 0.2) is 29.9 Å². The number of carboxylic acids is 1. The molecule has 1 heterocycles. The minimum Gasteiger partial charge on any atom is -0.481 e. The highest BCUT2D eigenvalue weighted by Gasteiger charge is 2.27. The Morgan fingerprint density at radius 2 is 2.25 bits per heavy atom. The van der Waals surface area contributed by atoms with E-state index in [9.17, 15) is 13.2 Å². The van der Waals surface area contributed by atoms with Gasteiger partial charge >= 0.3 is 5.97 Å². The molecule has 0 aliphatic heterocycles. The number of rotatable bonds is 8. The Morgan fingerprint density at radius 3 is 2.75 bits per heavy atom. The summed E-state index contributed by atoms with van der Waals surface area (Å²) in [5.74, 6) is -0.958. The van der Waals surface area contributed by atoms with Gasteiger partial charge < -0.3 is 5.11 Å². The van der Waals surface area contributed by atoms with Crippen LogP contribution < -0.4 is 0 Å². The first-order valence-corrected chi connectivity index (χ1v) is 7.60. The molecule has 0 atom stereocenters. The summed E-state index contributed by atoms with van der Waals surface area (Å²) in [6.07, 6.45) is 3.99. The van der Waals surface area contributed by atoms with E-state index in [0.717, 1.165) is 0 Å². The number of carbonyl (C=O) groups is 1. The summed E-state index contributed by atoms with van der Waals surface area (Å²) < 4.78 is 27.5. The van der Waals surface area contributed by atoms with E-state index in [1.807, 2.05) is 0 Å². The predicted octanol–water partition coefficient (Wildman–Crippen LogP) is 0.943. The Morgan fingerprint density at radius 1 is 1.60 bits per heavy atom. The van der Waals surface area contributed by atoms with Crippen molar-refractivity contribution in [3.63, 3.8) is 0 Å². The van der Waals surface area contributed by atoms with Crippen LogP contribution >= 0.6 is 0 Å². The summed E-state index contributed by atoms with van der Waals surface area (Å²) in [6, 6.07) is -0.208. The van der Waals surface area contributed by atoms with Crippen LogP contribution in [0.3, 0.4) is 0 Å². The Hall–Kier alpha value is -1.67. The van der Waals surface area contributed by atoms with Crippen molar-refractivity contribution in [2.24, 2.45) is 0 Å². The maximum absolute atomic E-state index is 12.4. The first kappa shape index (κ1) is 16.4. The molecule has 0 bridgehead atoms. The van der Waals surface area contributed by atoms with Crippen molar-refractivity contribution < 1.29 is 18.3 Å². The van der Waals surface area contributed by atoms with Crippen LogP contribution in [-0.2, 0) is 21.4 Å². The molecule has 0 saturated carbocycles. The molecule has 0 unspecified atom stereocenters. The predicted molar refractivity (Wildman–Crippen MR) is 73.7 cm³/mol. The molecule has 1 N–H and O–H groups in total. The molecule has 7 nitrogen and oxygen atoms in total. The van der Waals surface area contributed by atoms with Crippen molar-refractivity contribution in [2.75, 3.05) is 6.54 Å². The lowest BCUT2D eigenvalue weighted by Crippen LogP contribution is -2.36. The number of carboxylic acid groups (broad SMARTS) is 1. The third-order valence-corrected chi connectivity index (χ3v) is 4.65. The zero-order valence-electron chi connectivity index (χ0n) is 11.6.